The fraction of sp³-hybridized carbons (Fsp3) is 0.364. The van der Waals surface area contributed by atoms with Crippen LogP contribution < -0.4 is 0 Å². The van der Waals surface area contributed by atoms with Gasteiger partial charge in [0.1, 0.15) is 5.82 Å². The van der Waals surface area contributed by atoms with Crippen LogP contribution in [-0.2, 0) is 0 Å². The first-order valence-electron chi connectivity index (χ1n) is 4.44. The van der Waals surface area contributed by atoms with Gasteiger partial charge in [-0.1, -0.05) is 44.1 Å². The van der Waals surface area contributed by atoms with Crippen LogP contribution in [0.15, 0.2) is 29.4 Å². The third kappa shape index (κ3) is 2.10. The van der Waals surface area contributed by atoms with E-state index in [0.717, 1.165) is 0 Å². The Morgan fingerprint density at radius 1 is 1.29 bits per heavy atom. The number of benzene rings is 1. The van der Waals surface area contributed by atoms with Crippen LogP contribution in [0, 0.1) is 11.2 Å². The van der Waals surface area contributed by atoms with Gasteiger partial charge in [-0.3, -0.25) is 0 Å². The monoisotopic (exact) mass is 195 g/mol. The van der Waals surface area contributed by atoms with Crippen molar-refractivity contribution in [1.29, 1.82) is 0 Å². The molecule has 0 atom stereocenters. The number of oxime groups is 1. The average molecular weight is 195 g/mol. The van der Waals surface area contributed by atoms with Crippen LogP contribution in [0.25, 0.3) is 0 Å². The second-order valence-corrected chi connectivity index (χ2v) is 4.18. The molecular formula is C11H14FNO. The Kier molecular flexibility index (Phi) is 2.89. The van der Waals surface area contributed by atoms with E-state index in [4.69, 9.17) is 5.21 Å². The Morgan fingerprint density at radius 2 is 1.86 bits per heavy atom. The molecule has 1 aromatic rings. The maximum absolute atomic E-state index is 13.4. The zero-order valence-electron chi connectivity index (χ0n) is 8.58. The van der Waals surface area contributed by atoms with Gasteiger partial charge in [0.15, 0.2) is 0 Å². The predicted octanol–water partition coefficient (Wildman–Crippen LogP) is 3.05. The van der Waals surface area contributed by atoms with Gasteiger partial charge in [-0.25, -0.2) is 4.39 Å². The van der Waals surface area contributed by atoms with Crippen molar-refractivity contribution in [3.63, 3.8) is 0 Å². The maximum Gasteiger partial charge on any atom is 0.132 e. The first-order chi connectivity index (χ1) is 6.46. The van der Waals surface area contributed by atoms with E-state index in [9.17, 15) is 4.39 Å². The lowest BCUT2D eigenvalue weighted by molar-refractivity contribution is 0.311. The second-order valence-electron chi connectivity index (χ2n) is 4.18. The first kappa shape index (κ1) is 10.7. The number of hydrogen-bond acceptors (Lipinski definition) is 2. The van der Waals surface area contributed by atoms with Crippen molar-refractivity contribution in [2.45, 2.75) is 20.8 Å². The lowest BCUT2D eigenvalue weighted by Crippen LogP contribution is -2.22. The summed E-state index contributed by atoms with van der Waals surface area (Å²) in [4.78, 5) is 0. The van der Waals surface area contributed by atoms with Crippen LogP contribution in [0.4, 0.5) is 4.39 Å². The molecule has 0 saturated carbocycles. The van der Waals surface area contributed by atoms with E-state index < -0.39 is 0 Å². The summed E-state index contributed by atoms with van der Waals surface area (Å²) >= 11 is 0. The lowest BCUT2D eigenvalue weighted by atomic mass is 9.85. The Labute approximate surface area is 83.1 Å². The van der Waals surface area contributed by atoms with Crippen molar-refractivity contribution >= 4 is 5.71 Å². The van der Waals surface area contributed by atoms with E-state index >= 15 is 0 Å². The van der Waals surface area contributed by atoms with E-state index in [2.05, 4.69) is 5.16 Å². The summed E-state index contributed by atoms with van der Waals surface area (Å²) < 4.78 is 13.4. The van der Waals surface area contributed by atoms with E-state index in [1.54, 1.807) is 18.2 Å². The summed E-state index contributed by atoms with van der Waals surface area (Å²) in [5.41, 5.74) is 0.329. The fourth-order valence-corrected chi connectivity index (χ4v) is 1.26. The molecule has 0 aromatic heterocycles. The largest absolute Gasteiger partial charge is 0.411 e. The molecule has 0 bridgehead atoms. The summed E-state index contributed by atoms with van der Waals surface area (Å²) in [6.07, 6.45) is 0. The SMILES string of the molecule is CC(C)(C)/C(=N/O)c1ccccc1F. The van der Waals surface area contributed by atoms with Gasteiger partial charge in [-0.2, -0.15) is 0 Å². The molecule has 2 nitrogen and oxygen atoms in total. The second kappa shape index (κ2) is 3.78. The molecule has 0 aliphatic carbocycles. The molecule has 1 aromatic carbocycles. The van der Waals surface area contributed by atoms with Gasteiger partial charge in [0.25, 0.3) is 0 Å². The van der Waals surface area contributed by atoms with Crippen molar-refractivity contribution in [3.05, 3.63) is 35.6 Å². The average Bonchev–Trinajstić information content (AvgIpc) is 2.07. The van der Waals surface area contributed by atoms with Gasteiger partial charge in [-0.15, -0.1) is 0 Å². The summed E-state index contributed by atoms with van der Waals surface area (Å²) in [6.45, 7) is 5.61. The Morgan fingerprint density at radius 3 is 2.29 bits per heavy atom. The highest BCUT2D eigenvalue weighted by atomic mass is 19.1. The van der Waals surface area contributed by atoms with Gasteiger partial charge in [0.05, 0.1) is 5.71 Å². The van der Waals surface area contributed by atoms with E-state index in [1.807, 2.05) is 20.8 Å². The molecule has 0 aliphatic rings. The minimum atomic E-state index is -0.378. The molecule has 0 aliphatic heterocycles. The van der Waals surface area contributed by atoms with Crippen LogP contribution >= 0.6 is 0 Å². The van der Waals surface area contributed by atoms with E-state index in [-0.39, 0.29) is 11.2 Å². The van der Waals surface area contributed by atoms with Crippen LogP contribution in [0.2, 0.25) is 0 Å². The molecule has 0 heterocycles. The predicted molar refractivity (Wildman–Crippen MR) is 54.2 cm³/mol. The molecule has 0 amide bonds. The molecule has 0 radical (unpaired) electrons. The van der Waals surface area contributed by atoms with Crippen LogP contribution in [0.1, 0.15) is 26.3 Å². The molecule has 14 heavy (non-hydrogen) atoms. The number of nitrogens with zero attached hydrogens (tertiary/aromatic N) is 1. The minimum absolute atomic E-state index is 0.350. The quantitative estimate of drug-likeness (QED) is 0.417. The zero-order chi connectivity index (χ0) is 10.8. The molecule has 1 N–H and O–H groups in total. The number of rotatable bonds is 1. The minimum Gasteiger partial charge on any atom is -0.411 e. The normalized spacial score (nSPS) is 13.0. The van der Waals surface area contributed by atoms with Crippen molar-refractivity contribution < 1.29 is 9.60 Å². The Hall–Kier alpha value is -1.38. The standard InChI is InChI=1S/C11H14FNO/c1-11(2,3)10(13-14)8-6-4-5-7-9(8)12/h4-7,14H,1-3H3/b13-10+. The highest BCUT2D eigenvalue weighted by Gasteiger charge is 2.23. The summed E-state index contributed by atoms with van der Waals surface area (Å²) in [7, 11) is 0. The topological polar surface area (TPSA) is 32.6 Å². The summed E-state index contributed by atoms with van der Waals surface area (Å²) in [5, 5.41) is 12.0. The molecular weight excluding hydrogens is 181 g/mol. The maximum atomic E-state index is 13.4. The third-order valence-corrected chi connectivity index (χ3v) is 1.94. The molecule has 0 fully saturated rings. The molecule has 1 rings (SSSR count). The van der Waals surface area contributed by atoms with Gasteiger partial charge in [0.2, 0.25) is 0 Å². The Bertz CT molecular complexity index is 353. The summed E-state index contributed by atoms with van der Waals surface area (Å²) in [6, 6.07) is 6.29. The van der Waals surface area contributed by atoms with Gasteiger partial charge in [0, 0.05) is 11.0 Å². The molecule has 0 saturated heterocycles. The highest BCUT2D eigenvalue weighted by Crippen LogP contribution is 2.23. The van der Waals surface area contributed by atoms with Crippen LogP contribution in [-0.4, -0.2) is 10.9 Å². The third-order valence-electron chi connectivity index (χ3n) is 1.94. The van der Waals surface area contributed by atoms with E-state index in [1.165, 1.54) is 6.07 Å². The van der Waals surface area contributed by atoms with E-state index in [0.29, 0.717) is 11.3 Å². The molecule has 3 heteroatoms. The van der Waals surface area contributed by atoms with Crippen molar-refractivity contribution in [1.82, 2.24) is 0 Å². The van der Waals surface area contributed by atoms with Crippen LogP contribution in [0.5, 0.6) is 0 Å². The Balaban J connectivity index is 3.23. The zero-order valence-corrected chi connectivity index (χ0v) is 8.58. The molecule has 0 unspecified atom stereocenters. The smallest absolute Gasteiger partial charge is 0.132 e. The van der Waals surface area contributed by atoms with Gasteiger partial charge < -0.3 is 5.21 Å². The van der Waals surface area contributed by atoms with Crippen molar-refractivity contribution in [2.75, 3.05) is 0 Å². The first-order valence-corrected chi connectivity index (χ1v) is 4.44. The van der Waals surface area contributed by atoms with Gasteiger partial charge >= 0.3 is 0 Å². The molecule has 0 spiro atoms. The van der Waals surface area contributed by atoms with Crippen molar-refractivity contribution in [3.8, 4) is 0 Å². The molecule has 76 valence electrons. The highest BCUT2D eigenvalue weighted by molar-refractivity contribution is 6.03. The number of hydrogen-bond donors (Lipinski definition) is 1. The van der Waals surface area contributed by atoms with Gasteiger partial charge in [-0.05, 0) is 6.07 Å². The number of halogens is 1. The van der Waals surface area contributed by atoms with Crippen molar-refractivity contribution in [2.24, 2.45) is 10.6 Å². The fourth-order valence-electron chi connectivity index (χ4n) is 1.26. The van der Waals surface area contributed by atoms with Crippen LogP contribution in [0.3, 0.4) is 0 Å². The lowest BCUT2D eigenvalue weighted by Gasteiger charge is -2.20. The summed E-state index contributed by atoms with van der Waals surface area (Å²) in [5.74, 6) is -0.366.